The number of aliphatic hydroxyl groups excluding tert-OH is 1. The van der Waals surface area contributed by atoms with Crippen molar-refractivity contribution in [3.8, 4) is 5.88 Å². The number of rotatable bonds is 5. The summed E-state index contributed by atoms with van der Waals surface area (Å²) in [6, 6.07) is 5.31. The molecule has 1 atom stereocenters. The Hall–Kier alpha value is -1.88. The van der Waals surface area contributed by atoms with Crippen LogP contribution in [0.2, 0.25) is 0 Å². The molecule has 0 aliphatic heterocycles. The van der Waals surface area contributed by atoms with E-state index < -0.39 is 6.10 Å². The van der Waals surface area contributed by atoms with Gasteiger partial charge in [0.2, 0.25) is 5.88 Å². The van der Waals surface area contributed by atoms with Gasteiger partial charge in [-0.3, -0.25) is 0 Å². The van der Waals surface area contributed by atoms with Crippen LogP contribution in [0.25, 0.3) is 0 Å². The molecule has 0 saturated carbocycles. The molecule has 0 bridgehead atoms. The van der Waals surface area contributed by atoms with E-state index in [1.165, 1.54) is 0 Å². The third-order valence-corrected chi connectivity index (χ3v) is 2.69. The van der Waals surface area contributed by atoms with Crippen molar-refractivity contribution in [2.75, 3.05) is 7.11 Å². The molecule has 0 aliphatic rings. The van der Waals surface area contributed by atoms with Crippen LogP contribution in [-0.2, 0) is 6.54 Å². The minimum Gasteiger partial charge on any atom is -0.481 e. The van der Waals surface area contributed by atoms with Gasteiger partial charge in [0.15, 0.2) is 6.10 Å². The zero-order valence-electron chi connectivity index (χ0n) is 10.6. The van der Waals surface area contributed by atoms with E-state index in [2.05, 4.69) is 16.9 Å². The Morgan fingerprint density at radius 3 is 3.00 bits per heavy atom. The quantitative estimate of drug-likeness (QED) is 0.875. The van der Waals surface area contributed by atoms with Gasteiger partial charge in [-0.15, -0.1) is 0 Å². The van der Waals surface area contributed by atoms with Gasteiger partial charge >= 0.3 is 0 Å². The number of methoxy groups -OCH3 is 1. The van der Waals surface area contributed by atoms with Gasteiger partial charge in [0.25, 0.3) is 0 Å². The molecule has 0 aromatic carbocycles. The summed E-state index contributed by atoms with van der Waals surface area (Å²) in [7, 11) is 1.55. The first kappa shape index (κ1) is 12.6. The average Bonchev–Trinajstić information content (AvgIpc) is 2.86. The smallest absolute Gasteiger partial charge is 0.213 e. The first-order valence-corrected chi connectivity index (χ1v) is 5.96. The van der Waals surface area contributed by atoms with Crippen LogP contribution in [0.3, 0.4) is 0 Å². The number of aromatic nitrogens is 3. The molecule has 96 valence electrons. The van der Waals surface area contributed by atoms with Crippen molar-refractivity contribution in [1.29, 1.82) is 0 Å². The van der Waals surface area contributed by atoms with E-state index in [1.807, 2.05) is 10.8 Å². The van der Waals surface area contributed by atoms with Crippen molar-refractivity contribution >= 4 is 0 Å². The van der Waals surface area contributed by atoms with Gasteiger partial charge in [-0.2, -0.15) is 0 Å². The van der Waals surface area contributed by atoms with Gasteiger partial charge in [0.05, 0.1) is 12.8 Å². The second-order valence-corrected chi connectivity index (χ2v) is 3.99. The summed E-state index contributed by atoms with van der Waals surface area (Å²) in [5.41, 5.74) is 0.540. The number of aliphatic hydroxyl groups is 1. The lowest BCUT2D eigenvalue weighted by molar-refractivity contribution is 0.198. The SMILES string of the molecule is CCCn1ccnc1C(O)c1cccc(OC)n1. The van der Waals surface area contributed by atoms with Crippen molar-refractivity contribution in [2.24, 2.45) is 0 Å². The standard InChI is InChI=1S/C13H17N3O2/c1-3-8-16-9-7-14-13(16)12(17)10-5-4-6-11(15-10)18-2/h4-7,9,12,17H,3,8H2,1-2H3. The Balaban J connectivity index is 2.29. The van der Waals surface area contributed by atoms with E-state index in [0.717, 1.165) is 13.0 Å². The molecule has 5 heteroatoms. The van der Waals surface area contributed by atoms with Crippen LogP contribution in [0, 0.1) is 0 Å². The maximum Gasteiger partial charge on any atom is 0.213 e. The normalized spacial score (nSPS) is 12.4. The molecule has 0 spiro atoms. The van der Waals surface area contributed by atoms with Crippen LogP contribution >= 0.6 is 0 Å². The van der Waals surface area contributed by atoms with Crippen molar-refractivity contribution in [3.05, 3.63) is 42.1 Å². The molecule has 1 N–H and O–H groups in total. The highest BCUT2D eigenvalue weighted by Gasteiger charge is 2.17. The Labute approximate surface area is 106 Å². The summed E-state index contributed by atoms with van der Waals surface area (Å²) in [5.74, 6) is 1.10. The summed E-state index contributed by atoms with van der Waals surface area (Å²) in [6.07, 6.45) is 3.71. The van der Waals surface area contributed by atoms with E-state index in [4.69, 9.17) is 4.74 Å². The van der Waals surface area contributed by atoms with Crippen LogP contribution in [0.15, 0.2) is 30.6 Å². The minimum atomic E-state index is -0.832. The van der Waals surface area contributed by atoms with Gasteiger partial charge in [-0.25, -0.2) is 9.97 Å². The van der Waals surface area contributed by atoms with E-state index >= 15 is 0 Å². The zero-order valence-corrected chi connectivity index (χ0v) is 10.6. The Morgan fingerprint density at radius 1 is 1.44 bits per heavy atom. The fourth-order valence-electron chi connectivity index (χ4n) is 1.83. The monoisotopic (exact) mass is 247 g/mol. The van der Waals surface area contributed by atoms with Crippen LogP contribution in [-0.4, -0.2) is 26.8 Å². The number of nitrogens with zero attached hydrogens (tertiary/aromatic N) is 3. The molecule has 2 rings (SSSR count). The highest BCUT2D eigenvalue weighted by molar-refractivity contribution is 5.21. The molecule has 18 heavy (non-hydrogen) atoms. The predicted octanol–water partition coefficient (Wildman–Crippen LogP) is 1.78. The maximum absolute atomic E-state index is 10.3. The highest BCUT2D eigenvalue weighted by Crippen LogP contribution is 2.20. The van der Waals surface area contributed by atoms with Gasteiger partial charge in [0, 0.05) is 25.0 Å². The fourth-order valence-corrected chi connectivity index (χ4v) is 1.83. The number of imidazole rings is 1. The first-order valence-electron chi connectivity index (χ1n) is 5.96. The van der Waals surface area contributed by atoms with E-state index in [0.29, 0.717) is 17.4 Å². The average molecular weight is 247 g/mol. The van der Waals surface area contributed by atoms with Gasteiger partial charge < -0.3 is 14.4 Å². The van der Waals surface area contributed by atoms with Crippen molar-refractivity contribution in [3.63, 3.8) is 0 Å². The third kappa shape index (κ3) is 2.51. The van der Waals surface area contributed by atoms with Crippen molar-refractivity contribution in [1.82, 2.24) is 14.5 Å². The highest BCUT2D eigenvalue weighted by atomic mass is 16.5. The van der Waals surface area contributed by atoms with Crippen molar-refractivity contribution < 1.29 is 9.84 Å². The lowest BCUT2D eigenvalue weighted by Gasteiger charge is -2.12. The van der Waals surface area contributed by atoms with Gasteiger partial charge in [0.1, 0.15) is 5.82 Å². The molecule has 0 aliphatic carbocycles. The lowest BCUT2D eigenvalue weighted by atomic mass is 10.2. The summed E-state index contributed by atoms with van der Waals surface area (Å²) >= 11 is 0. The fraction of sp³-hybridized carbons (Fsp3) is 0.385. The van der Waals surface area contributed by atoms with E-state index in [1.54, 1.807) is 31.5 Å². The van der Waals surface area contributed by atoms with Crippen LogP contribution in [0.5, 0.6) is 5.88 Å². The molecular formula is C13H17N3O2. The predicted molar refractivity (Wildman–Crippen MR) is 67.4 cm³/mol. The topological polar surface area (TPSA) is 60.2 Å². The largest absolute Gasteiger partial charge is 0.481 e. The number of aryl methyl sites for hydroxylation is 1. The van der Waals surface area contributed by atoms with E-state index in [9.17, 15) is 5.11 Å². The third-order valence-electron chi connectivity index (χ3n) is 2.69. The van der Waals surface area contributed by atoms with Crippen LogP contribution < -0.4 is 4.74 Å². The lowest BCUT2D eigenvalue weighted by Crippen LogP contribution is -2.11. The second kappa shape index (κ2) is 5.64. The van der Waals surface area contributed by atoms with Crippen LogP contribution in [0.4, 0.5) is 0 Å². The Kier molecular flexibility index (Phi) is 3.94. The Bertz CT molecular complexity index is 510. The molecule has 2 aromatic heterocycles. The molecule has 0 fully saturated rings. The molecule has 2 aromatic rings. The summed E-state index contributed by atoms with van der Waals surface area (Å²) in [4.78, 5) is 8.42. The van der Waals surface area contributed by atoms with E-state index in [-0.39, 0.29) is 0 Å². The molecule has 0 radical (unpaired) electrons. The summed E-state index contributed by atoms with van der Waals surface area (Å²) < 4.78 is 6.99. The number of pyridine rings is 1. The van der Waals surface area contributed by atoms with Crippen LogP contribution in [0.1, 0.15) is 31.0 Å². The van der Waals surface area contributed by atoms with Gasteiger partial charge in [-0.1, -0.05) is 13.0 Å². The summed E-state index contributed by atoms with van der Waals surface area (Å²) in [6.45, 7) is 2.91. The first-order chi connectivity index (χ1) is 8.76. The molecular weight excluding hydrogens is 230 g/mol. The maximum atomic E-state index is 10.3. The molecule has 0 saturated heterocycles. The van der Waals surface area contributed by atoms with Crippen molar-refractivity contribution in [2.45, 2.75) is 26.0 Å². The molecule has 5 nitrogen and oxygen atoms in total. The molecule has 0 amide bonds. The van der Waals surface area contributed by atoms with Gasteiger partial charge in [-0.05, 0) is 12.5 Å². The number of hydrogen-bond donors (Lipinski definition) is 1. The second-order valence-electron chi connectivity index (χ2n) is 3.99. The number of ether oxygens (including phenoxy) is 1. The molecule has 2 heterocycles. The zero-order chi connectivity index (χ0) is 13.0. The summed E-state index contributed by atoms with van der Waals surface area (Å²) in [5, 5.41) is 10.3. The Morgan fingerprint density at radius 2 is 2.28 bits per heavy atom. The minimum absolute atomic E-state index is 0.486. The molecule has 1 unspecified atom stereocenters. The number of hydrogen-bond acceptors (Lipinski definition) is 4.